The molecule has 0 aliphatic carbocycles. The number of amides is 1. The van der Waals surface area contributed by atoms with Crippen LogP contribution in [0.2, 0.25) is 0 Å². The molecular weight excluding hydrogens is 338 g/mol. The van der Waals surface area contributed by atoms with E-state index in [0.717, 1.165) is 17.7 Å². The molecule has 0 atom stereocenters. The highest BCUT2D eigenvalue weighted by atomic mass is 32.2. The molecule has 0 aromatic heterocycles. The molecule has 24 heavy (non-hydrogen) atoms. The lowest BCUT2D eigenvalue weighted by Crippen LogP contribution is -2.30. The van der Waals surface area contributed by atoms with Gasteiger partial charge in [-0.15, -0.1) is 0 Å². The first-order valence-corrected chi connectivity index (χ1v) is 8.83. The minimum Gasteiger partial charge on any atom is -0.497 e. The Morgan fingerprint density at radius 2 is 1.83 bits per heavy atom. The van der Waals surface area contributed by atoms with Crippen molar-refractivity contribution < 1.29 is 9.53 Å². The highest BCUT2D eigenvalue weighted by Crippen LogP contribution is 2.32. The van der Waals surface area contributed by atoms with Gasteiger partial charge in [0, 0.05) is 6.54 Å². The molecule has 1 fully saturated rings. The largest absolute Gasteiger partial charge is 0.497 e. The standard InChI is InChI=1S/C19H17NO2S2/c1-22-16-9-7-15(8-10-16)13-17-18(21)20(19(23)24-17)12-11-14-5-3-2-4-6-14/h2-10,13H,11-12H2,1H3/b17-13+. The molecule has 0 N–H and O–H groups in total. The first-order chi connectivity index (χ1) is 11.7. The molecule has 122 valence electrons. The number of methoxy groups -OCH3 is 1. The van der Waals surface area contributed by atoms with Gasteiger partial charge in [-0.3, -0.25) is 9.69 Å². The van der Waals surface area contributed by atoms with Crippen LogP contribution < -0.4 is 4.74 Å². The molecule has 0 saturated carbocycles. The van der Waals surface area contributed by atoms with Crippen molar-refractivity contribution >= 4 is 40.3 Å². The van der Waals surface area contributed by atoms with E-state index in [4.69, 9.17) is 17.0 Å². The van der Waals surface area contributed by atoms with Crippen LogP contribution in [0.25, 0.3) is 6.08 Å². The normalized spacial score (nSPS) is 16.0. The van der Waals surface area contributed by atoms with Gasteiger partial charge < -0.3 is 4.74 Å². The van der Waals surface area contributed by atoms with Crippen LogP contribution in [0.4, 0.5) is 0 Å². The van der Waals surface area contributed by atoms with Crippen LogP contribution in [0.1, 0.15) is 11.1 Å². The summed E-state index contributed by atoms with van der Waals surface area (Å²) < 4.78 is 5.77. The summed E-state index contributed by atoms with van der Waals surface area (Å²) in [6.45, 7) is 0.606. The van der Waals surface area contributed by atoms with Crippen molar-refractivity contribution in [2.24, 2.45) is 0 Å². The predicted octanol–water partition coefficient (Wildman–Crippen LogP) is 4.14. The fourth-order valence-corrected chi connectivity index (χ4v) is 3.74. The fourth-order valence-electron chi connectivity index (χ4n) is 2.43. The molecule has 3 rings (SSSR count). The highest BCUT2D eigenvalue weighted by molar-refractivity contribution is 8.26. The molecule has 1 aliphatic heterocycles. The van der Waals surface area contributed by atoms with Gasteiger partial charge in [0.05, 0.1) is 12.0 Å². The molecule has 2 aromatic rings. The number of ether oxygens (including phenoxy) is 1. The average Bonchev–Trinajstić information content (AvgIpc) is 2.88. The highest BCUT2D eigenvalue weighted by Gasteiger charge is 2.31. The lowest BCUT2D eigenvalue weighted by atomic mass is 10.1. The van der Waals surface area contributed by atoms with Gasteiger partial charge >= 0.3 is 0 Å². The molecule has 1 heterocycles. The summed E-state index contributed by atoms with van der Waals surface area (Å²) in [5.74, 6) is 0.777. The second-order valence-corrected chi connectivity index (χ2v) is 7.02. The Bertz CT molecular complexity index is 770. The molecule has 1 aliphatic rings. The maximum Gasteiger partial charge on any atom is 0.266 e. The summed E-state index contributed by atoms with van der Waals surface area (Å²) >= 11 is 6.73. The quantitative estimate of drug-likeness (QED) is 0.595. The Morgan fingerprint density at radius 1 is 1.12 bits per heavy atom. The zero-order chi connectivity index (χ0) is 16.9. The molecule has 1 amide bonds. The van der Waals surface area contributed by atoms with E-state index < -0.39 is 0 Å². The Hall–Kier alpha value is -2.11. The maximum atomic E-state index is 12.6. The van der Waals surface area contributed by atoms with Gasteiger partial charge in [-0.25, -0.2) is 0 Å². The van der Waals surface area contributed by atoms with Gasteiger partial charge in [0.15, 0.2) is 0 Å². The summed E-state index contributed by atoms with van der Waals surface area (Å²) in [6.07, 6.45) is 2.67. The number of hydrogen-bond acceptors (Lipinski definition) is 4. The number of thiocarbonyl (C=S) groups is 1. The lowest BCUT2D eigenvalue weighted by Gasteiger charge is -2.14. The van der Waals surface area contributed by atoms with E-state index in [9.17, 15) is 4.79 Å². The predicted molar refractivity (Wildman–Crippen MR) is 103 cm³/mol. The third kappa shape index (κ3) is 3.86. The van der Waals surface area contributed by atoms with Crippen LogP contribution in [0.3, 0.4) is 0 Å². The van der Waals surface area contributed by atoms with Crippen LogP contribution >= 0.6 is 24.0 Å². The number of nitrogens with zero attached hydrogens (tertiary/aromatic N) is 1. The van der Waals surface area contributed by atoms with Crippen molar-refractivity contribution in [3.05, 3.63) is 70.6 Å². The number of carbonyl (C=O) groups excluding carboxylic acids is 1. The molecule has 5 heteroatoms. The van der Waals surface area contributed by atoms with Gasteiger partial charge in [0.1, 0.15) is 10.1 Å². The van der Waals surface area contributed by atoms with Gasteiger partial charge in [0.25, 0.3) is 5.91 Å². The third-order valence-electron chi connectivity index (χ3n) is 3.75. The topological polar surface area (TPSA) is 29.5 Å². The van der Waals surface area contributed by atoms with E-state index in [1.54, 1.807) is 12.0 Å². The number of carbonyl (C=O) groups is 1. The second-order valence-electron chi connectivity index (χ2n) is 5.34. The summed E-state index contributed by atoms with van der Waals surface area (Å²) in [5, 5.41) is 0. The minimum atomic E-state index is -0.0169. The van der Waals surface area contributed by atoms with Crippen molar-refractivity contribution in [2.75, 3.05) is 13.7 Å². The van der Waals surface area contributed by atoms with Crippen molar-refractivity contribution in [1.82, 2.24) is 4.90 Å². The van der Waals surface area contributed by atoms with Crippen molar-refractivity contribution in [3.63, 3.8) is 0 Å². The zero-order valence-corrected chi connectivity index (χ0v) is 14.9. The van der Waals surface area contributed by atoms with Gasteiger partial charge in [0.2, 0.25) is 0 Å². The summed E-state index contributed by atoms with van der Waals surface area (Å²) in [7, 11) is 1.63. The van der Waals surface area contributed by atoms with E-state index in [2.05, 4.69) is 12.1 Å². The monoisotopic (exact) mass is 355 g/mol. The Balaban J connectivity index is 1.69. The van der Waals surface area contributed by atoms with E-state index in [-0.39, 0.29) is 5.91 Å². The van der Waals surface area contributed by atoms with Crippen LogP contribution in [0, 0.1) is 0 Å². The first-order valence-electron chi connectivity index (χ1n) is 7.61. The number of rotatable bonds is 5. The molecule has 0 bridgehead atoms. The second kappa shape index (κ2) is 7.64. The van der Waals surface area contributed by atoms with Gasteiger partial charge in [-0.05, 0) is 35.8 Å². The molecule has 1 saturated heterocycles. The van der Waals surface area contributed by atoms with Crippen LogP contribution in [0.15, 0.2) is 59.5 Å². The molecular formula is C19H17NO2S2. The number of benzene rings is 2. The minimum absolute atomic E-state index is 0.0169. The molecule has 2 aromatic carbocycles. The fraction of sp³-hybridized carbons (Fsp3) is 0.158. The molecule has 3 nitrogen and oxygen atoms in total. The van der Waals surface area contributed by atoms with E-state index >= 15 is 0 Å². The van der Waals surface area contributed by atoms with Crippen LogP contribution in [0.5, 0.6) is 5.75 Å². The first kappa shape index (κ1) is 16.7. The third-order valence-corrected chi connectivity index (χ3v) is 5.13. The number of thioether (sulfide) groups is 1. The lowest BCUT2D eigenvalue weighted by molar-refractivity contribution is -0.122. The van der Waals surface area contributed by atoms with Crippen LogP contribution in [-0.2, 0) is 11.2 Å². The van der Waals surface area contributed by atoms with Gasteiger partial charge in [-0.1, -0.05) is 66.4 Å². The van der Waals surface area contributed by atoms with E-state index in [1.807, 2.05) is 48.5 Å². The maximum absolute atomic E-state index is 12.6. The van der Waals surface area contributed by atoms with E-state index in [0.29, 0.717) is 15.8 Å². The van der Waals surface area contributed by atoms with Gasteiger partial charge in [-0.2, -0.15) is 0 Å². The SMILES string of the molecule is COc1ccc(/C=C2/SC(=S)N(CCc3ccccc3)C2=O)cc1. The Kier molecular flexibility index (Phi) is 5.33. The molecule has 0 spiro atoms. The zero-order valence-electron chi connectivity index (χ0n) is 13.3. The molecule has 0 unspecified atom stereocenters. The van der Waals surface area contributed by atoms with Crippen LogP contribution in [-0.4, -0.2) is 28.8 Å². The van der Waals surface area contributed by atoms with Crippen molar-refractivity contribution in [3.8, 4) is 5.75 Å². The Labute approximate surface area is 151 Å². The summed E-state index contributed by atoms with van der Waals surface area (Å²) in [6, 6.07) is 17.7. The number of hydrogen-bond donors (Lipinski definition) is 0. The van der Waals surface area contributed by atoms with E-state index in [1.165, 1.54) is 17.3 Å². The Morgan fingerprint density at radius 3 is 2.50 bits per heavy atom. The van der Waals surface area contributed by atoms with Crippen molar-refractivity contribution in [2.45, 2.75) is 6.42 Å². The molecule has 0 radical (unpaired) electrons. The average molecular weight is 355 g/mol. The smallest absolute Gasteiger partial charge is 0.266 e. The summed E-state index contributed by atoms with van der Waals surface area (Å²) in [4.78, 5) is 14.9. The van der Waals surface area contributed by atoms with Crippen molar-refractivity contribution in [1.29, 1.82) is 0 Å². The summed E-state index contributed by atoms with van der Waals surface area (Å²) in [5.41, 5.74) is 2.16.